The summed E-state index contributed by atoms with van der Waals surface area (Å²) in [6.45, 7) is 14.6. The van der Waals surface area contributed by atoms with E-state index < -0.39 is 0 Å². The molecule has 3 nitrogen and oxygen atoms in total. The van der Waals surface area contributed by atoms with Gasteiger partial charge in [-0.25, -0.2) is 0 Å². The number of piperidine rings is 1. The fourth-order valence-electron chi connectivity index (χ4n) is 4.11. The fraction of sp³-hybridized carbons (Fsp3) is 0.700. The second kappa shape index (κ2) is 8.27. The molecule has 0 amide bonds. The monoisotopic (exact) mass is 315 g/mol. The van der Waals surface area contributed by atoms with Gasteiger partial charge >= 0.3 is 0 Å². The summed E-state index contributed by atoms with van der Waals surface area (Å²) >= 11 is 0. The van der Waals surface area contributed by atoms with Gasteiger partial charge in [0.25, 0.3) is 0 Å². The molecule has 0 atom stereocenters. The van der Waals surface area contributed by atoms with E-state index in [1.807, 2.05) is 0 Å². The van der Waals surface area contributed by atoms with Crippen LogP contribution in [0.1, 0.15) is 32.3 Å². The average molecular weight is 316 g/mol. The number of benzene rings is 1. The summed E-state index contributed by atoms with van der Waals surface area (Å²) in [5.41, 5.74) is 1.45. The van der Waals surface area contributed by atoms with Crippen LogP contribution in [0.4, 0.5) is 0 Å². The van der Waals surface area contributed by atoms with Crippen LogP contribution < -0.4 is 0 Å². The number of hydrogen-bond donors (Lipinski definition) is 0. The first kappa shape index (κ1) is 16.9. The first-order chi connectivity index (χ1) is 11.2. The third kappa shape index (κ3) is 5.03. The first-order valence-electron chi connectivity index (χ1n) is 9.43. The summed E-state index contributed by atoms with van der Waals surface area (Å²) in [5, 5.41) is 0. The van der Waals surface area contributed by atoms with Gasteiger partial charge in [0.15, 0.2) is 0 Å². The van der Waals surface area contributed by atoms with Gasteiger partial charge in [0.1, 0.15) is 0 Å². The van der Waals surface area contributed by atoms with Crippen LogP contribution in [0.2, 0.25) is 0 Å². The van der Waals surface area contributed by atoms with Crippen LogP contribution in [0.15, 0.2) is 30.3 Å². The second-order valence-corrected chi connectivity index (χ2v) is 7.72. The Bertz CT molecular complexity index is 443. The van der Waals surface area contributed by atoms with E-state index in [2.05, 4.69) is 58.9 Å². The summed E-state index contributed by atoms with van der Waals surface area (Å²) in [6, 6.07) is 11.7. The Morgan fingerprint density at radius 2 is 1.52 bits per heavy atom. The van der Waals surface area contributed by atoms with Crippen LogP contribution in [0.3, 0.4) is 0 Å². The van der Waals surface area contributed by atoms with Crippen molar-refractivity contribution >= 4 is 0 Å². The quantitative estimate of drug-likeness (QED) is 0.827. The van der Waals surface area contributed by atoms with Crippen molar-refractivity contribution in [1.82, 2.24) is 14.7 Å². The zero-order chi connectivity index (χ0) is 16.1. The molecule has 128 valence electrons. The first-order valence-corrected chi connectivity index (χ1v) is 9.43. The molecule has 0 aliphatic carbocycles. The Balaban J connectivity index is 1.39. The minimum absolute atomic E-state index is 0.799. The number of rotatable bonds is 5. The molecule has 3 rings (SSSR count). The van der Waals surface area contributed by atoms with E-state index in [9.17, 15) is 0 Å². The summed E-state index contributed by atoms with van der Waals surface area (Å²) in [4.78, 5) is 8.03. The molecule has 2 heterocycles. The van der Waals surface area contributed by atoms with Gasteiger partial charge in [-0.1, -0.05) is 44.2 Å². The number of piperazine rings is 1. The molecule has 23 heavy (non-hydrogen) atoms. The van der Waals surface area contributed by atoms with Crippen LogP contribution in [0.25, 0.3) is 0 Å². The van der Waals surface area contributed by atoms with Crippen LogP contribution in [0.5, 0.6) is 0 Å². The maximum absolute atomic E-state index is 2.76. The predicted octanol–water partition coefficient (Wildman–Crippen LogP) is 2.92. The predicted molar refractivity (Wildman–Crippen MR) is 97.6 cm³/mol. The maximum atomic E-state index is 2.76. The fourth-order valence-corrected chi connectivity index (χ4v) is 4.11. The third-order valence-corrected chi connectivity index (χ3v) is 5.35. The molecule has 0 aromatic heterocycles. The highest BCUT2D eigenvalue weighted by Crippen LogP contribution is 2.19. The van der Waals surface area contributed by atoms with E-state index in [1.165, 1.54) is 64.2 Å². The van der Waals surface area contributed by atoms with Crippen molar-refractivity contribution in [2.45, 2.75) is 39.3 Å². The van der Waals surface area contributed by atoms with Crippen LogP contribution in [-0.4, -0.2) is 66.6 Å². The van der Waals surface area contributed by atoms with Gasteiger partial charge in [0.05, 0.1) is 0 Å². The molecule has 0 saturated carbocycles. The van der Waals surface area contributed by atoms with Crippen molar-refractivity contribution in [1.29, 1.82) is 0 Å². The van der Waals surface area contributed by atoms with Crippen molar-refractivity contribution in [3.05, 3.63) is 35.9 Å². The Kier molecular flexibility index (Phi) is 6.09. The SMILES string of the molecule is CC(C)CN1CCC(N2CCN(Cc3ccccc3)CC2)CC1. The molecule has 3 heteroatoms. The second-order valence-electron chi connectivity index (χ2n) is 7.72. The highest BCUT2D eigenvalue weighted by atomic mass is 15.3. The topological polar surface area (TPSA) is 9.72 Å². The molecule has 2 aliphatic rings. The molecular weight excluding hydrogens is 282 g/mol. The third-order valence-electron chi connectivity index (χ3n) is 5.35. The van der Waals surface area contributed by atoms with Gasteiger partial charge in [-0.2, -0.15) is 0 Å². The summed E-state index contributed by atoms with van der Waals surface area (Å²) in [5.74, 6) is 0.799. The van der Waals surface area contributed by atoms with Crippen LogP contribution in [-0.2, 0) is 6.54 Å². The Morgan fingerprint density at radius 3 is 2.13 bits per heavy atom. The molecular formula is C20H33N3. The Labute approximate surface area is 142 Å². The highest BCUT2D eigenvalue weighted by Gasteiger charge is 2.27. The minimum atomic E-state index is 0.799. The molecule has 0 radical (unpaired) electrons. The zero-order valence-corrected chi connectivity index (χ0v) is 15.0. The van der Waals surface area contributed by atoms with Crippen molar-refractivity contribution in [2.75, 3.05) is 45.8 Å². The van der Waals surface area contributed by atoms with Crippen molar-refractivity contribution in [2.24, 2.45) is 5.92 Å². The Hall–Kier alpha value is -0.900. The standard InChI is InChI=1S/C20H33N3/c1-18(2)16-21-10-8-20(9-11-21)23-14-12-22(13-15-23)17-19-6-4-3-5-7-19/h3-7,18,20H,8-17H2,1-2H3. The van der Waals surface area contributed by atoms with Gasteiger partial charge < -0.3 is 4.90 Å². The lowest BCUT2D eigenvalue weighted by Gasteiger charge is -2.43. The van der Waals surface area contributed by atoms with E-state index in [4.69, 9.17) is 0 Å². The lowest BCUT2D eigenvalue weighted by Crippen LogP contribution is -2.53. The number of likely N-dealkylation sites (tertiary alicyclic amines) is 1. The van der Waals surface area contributed by atoms with E-state index in [1.54, 1.807) is 0 Å². The largest absolute Gasteiger partial charge is 0.303 e. The number of hydrogen-bond acceptors (Lipinski definition) is 3. The van der Waals surface area contributed by atoms with Crippen molar-refractivity contribution < 1.29 is 0 Å². The summed E-state index contributed by atoms with van der Waals surface area (Å²) in [7, 11) is 0. The van der Waals surface area contributed by atoms with Gasteiger partial charge in [-0.15, -0.1) is 0 Å². The molecule has 0 N–H and O–H groups in total. The van der Waals surface area contributed by atoms with E-state index in [0.717, 1.165) is 18.5 Å². The molecule has 2 saturated heterocycles. The van der Waals surface area contributed by atoms with Crippen molar-refractivity contribution in [3.63, 3.8) is 0 Å². The molecule has 2 fully saturated rings. The van der Waals surface area contributed by atoms with E-state index in [-0.39, 0.29) is 0 Å². The summed E-state index contributed by atoms with van der Waals surface area (Å²) < 4.78 is 0. The summed E-state index contributed by atoms with van der Waals surface area (Å²) in [6.07, 6.45) is 2.73. The average Bonchev–Trinajstić information content (AvgIpc) is 2.57. The van der Waals surface area contributed by atoms with Crippen LogP contribution in [0, 0.1) is 5.92 Å². The zero-order valence-electron chi connectivity index (χ0n) is 15.0. The highest BCUT2D eigenvalue weighted by molar-refractivity contribution is 5.14. The van der Waals surface area contributed by atoms with Gasteiger partial charge in [0.2, 0.25) is 0 Å². The Morgan fingerprint density at radius 1 is 0.870 bits per heavy atom. The van der Waals surface area contributed by atoms with Gasteiger partial charge in [-0.3, -0.25) is 9.80 Å². The van der Waals surface area contributed by atoms with E-state index >= 15 is 0 Å². The smallest absolute Gasteiger partial charge is 0.0234 e. The number of nitrogens with zero attached hydrogens (tertiary/aromatic N) is 3. The minimum Gasteiger partial charge on any atom is -0.303 e. The van der Waals surface area contributed by atoms with Crippen molar-refractivity contribution in [3.8, 4) is 0 Å². The van der Waals surface area contributed by atoms with Crippen LogP contribution >= 0.6 is 0 Å². The maximum Gasteiger partial charge on any atom is 0.0234 e. The molecule has 0 bridgehead atoms. The molecule has 1 aromatic carbocycles. The van der Waals surface area contributed by atoms with Gasteiger partial charge in [-0.05, 0) is 37.4 Å². The van der Waals surface area contributed by atoms with E-state index in [0.29, 0.717) is 0 Å². The lowest BCUT2D eigenvalue weighted by molar-refractivity contribution is 0.0542. The molecule has 0 spiro atoms. The lowest BCUT2D eigenvalue weighted by atomic mass is 10.0. The molecule has 0 unspecified atom stereocenters. The molecule has 1 aromatic rings. The normalized spacial score (nSPS) is 22.7. The van der Waals surface area contributed by atoms with Gasteiger partial charge in [0, 0.05) is 45.3 Å². The molecule has 2 aliphatic heterocycles.